The van der Waals surface area contributed by atoms with E-state index in [9.17, 15) is 13.6 Å². The number of piperazine rings is 1. The van der Waals surface area contributed by atoms with Gasteiger partial charge >= 0.3 is 6.03 Å². The number of amides is 2. The number of carbonyl (C=O) groups excluding carboxylic acids is 1. The lowest BCUT2D eigenvalue weighted by Gasteiger charge is -2.37. The molecule has 3 aromatic heterocycles. The van der Waals surface area contributed by atoms with Gasteiger partial charge < -0.3 is 9.80 Å². The van der Waals surface area contributed by atoms with Gasteiger partial charge in [0.1, 0.15) is 17.5 Å². The minimum atomic E-state index is -0.602. The van der Waals surface area contributed by atoms with Crippen LogP contribution in [0.1, 0.15) is 29.7 Å². The highest BCUT2D eigenvalue weighted by Gasteiger charge is 2.34. The van der Waals surface area contributed by atoms with Crippen molar-refractivity contribution in [2.45, 2.75) is 26.3 Å². The average molecular weight is 468 g/mol. The second kappa shape index (κ2) is 8.72. The van der Waals surface area contributed by atoms with E-state index < -0.39 is 17.7 Å². The molecule has 2 aliphatic rings. The van der Waals surface area contributed by atoms with E-state index in [1.165, 1.54) is 15.8 Å². The van der Waals surface area contributed by atoms with E-state index >= 15 is 0 Å². The molecular formula is C21H22F2N10O. The van der Waals surface area contributed by atoms with Crippen LogP contribution in [0.25, 0.3) is 5.82 Å². The van der Waals surface area contributed by atoms with Crippen LogP contribution in [0.3, 0.4) is 0 Å². The number of halogens is 2. The first-order valence-corrected chi connectivity index (χ1v) is 10.8. The number of hydrogen-bond acceptors (Lipinski definition) is 8. The summed E-state index contributed by atoms with van der Waals surface area (Å²) in [7, 11) is 0. The predicted molar refractivity (Wildman–Crippen MR) is 117 cm³/mol. The van der Waals surface area contributed by atoms with E-state index in [2.05, 4.69) is 30.1 Å². The molecular weight excluding hydrogens is 446 g/mol. The summed E-state index contributed by atoms with van der Waals surface area (Å²) in [5, 5.41) is 9.78. The lowest BCUT2D eigenvalue weighted by Crippen LogP contribution is -2.52. The number of rotatable bonds is 3. The molecule has 5 heterocycles. The second-order valence-electron chi connectivity index (χ2n) is 8.05. The van der Waals surface area contributed by atoms with Gasteiger partial charge in [-0.05, 0) is 25.5 Å². The standard InChI is InChI=1S/C21H22F2N10O/c1-13-27-14(2)32(29-13)19-17(23)12-25-20(28-19)30-5-7-31(8-6-30)21(34)33-18(3-4-26-33)15-9-16(22)11-24-10-15/h4,9-12,18H,3,5-8H2,1-2H3/t18-/m0/s1. The summed E-state index contributed by atoms with van der Waals surface area (Å²) in [6.07, 6.45) is 5.92. The maximum atomic E-state index is 14.4. The van der Waals surface area contributed by atoms with Crippen molar-refractivity contribution in [2.24, 2.45) is 5.10 Å². The molecule has 34 heavy (non-hydrogen) atoms. The minimum absolute atomic E-state index is 0.0274. The van der Waals surface area contributed by atoms with Crippen molar-refractivity contribution in [1.82, 2.24) is 39.6 Å². The van der Waals surface area contributed by atoms with Gasteiger partial charge in [-0.3, -0.25) is 4.98 Å². The lowest BCUT2D eigenvalue weighted by atomic mass is 10.1. The van der Waals surface area contributed by atoms with Crippen LogP contribution in [0.4, 0.5) is 19.5 Å². The third-order valence-electron chi connectivity index (χ3n) is 5.76. The monoisotopic (exact) mass is 468 g/mol. The highest BCUT2D eigenvalue weighted by atomic mass is 19.1. The minimum Gasteiger partial charge on any atom is -0.337 e. The molecule has 1 saturated heterocycles. The smallest absolute Gasteiger partial charge is 0.337 e. The quantitative estimate of drug-likeness (QED) is 0.579. The Kier molecular flexibility index (Phi) is 5.59. The van der Waals surface area contributed by atoms with Crippen LogP contribution in [-0.4, -0.2) is 78.0 Å². The van der Waals surface area contributed by atoms with E-state index in [1.807, 2.05) is 4.90 Å². The zero-order valence-corrected chi connectivity index (χ0v) is 18.6. The number of urea groups is 1. The van der Waals surface area contributed by atoms with Crippen LogP contribution in [-0.2, 0) is 0 Å². The molecule has 0 bridgehead atoms. The molecule has 13 heteroatoms. The number of aromatic nitrogens is 6. The molecule has 0 saturated carbocycles. The molecule has 2 aliphatic heterocycles. The molecule has 176 valence electrons. The predicted octanol–water partition coefficient (Wildman–Crippen LogP) is 2.02. The Balaban J connectivity index is 1.28. The Hall–Kier alpha value is -4.03. The van der Waals surface area contributed by atoms with Crippen molar-refractivity contribution in [3.05, 3.63) is 53.5 Å². The summed E-state index contributed by atoms with van der Waals surface area (Å²) >= 11 is 0. The normalized spacial score (nSPS) is 18.1. The molecule has 5 rings (SSSR count). The Bertz CT molecular complexity index is 1250. The number of hydrogen-bond donors (Lipinski definition) is 0. The van der Waals surface area contributed by atoms with Crippen molar-refractivity contribution in [2.75, 3.05) is 31.1 Å². The summed E-state index contributed by atoms with van der Waals surface area (Å²) in [6, 6.07) is 0.704. The molecule has 0 N–H and O–H groups in total. The fourth-order valence-corrected chi connectivity index (χ4v) is 4.10. The molecule has 0 spiro atoms. The van der Waals surface area contributed by atoms with Crippen LogP contribution in [0.5, 0.6) is 0 Å². The largest absolute Gasteiger partial charge is 0.341 e. The zero-order chi connectivity index (χ0) is 23.8. The first kappa shape index (κ1) is 21.8. The number of carbonyl (C=O) groups is 1. The van der Waals surface area contributed by atoms with Gasteiger partial charge in [0.2, 0.25) is 5.95 Å². The van der Waals surface area contributed by atoms with Gasteiger partial charge in [-0.25, -0.2) is 28.6 Å². The van der Waals surface area contributed by atoms with Crippen LogP contribution in [0.2, 0.25) is 0 Å². The van der Waals surface area contributed by atoms with Gasteiger partial charge in [0.25, 0.3) is 0 Å². The molecule has 0 radical (unpaired) electrons. The van der Waals surface area contributed by atoms with Crippen LogP contribution in [0.15, 0.2) is 29.8 Å². The number of nitrogens with zero attached hydrogens (tertiary/aromatic N) is 10. The summed E-state index contributed by atoms with van der Waals surface area (Å²) < 4.78 is 29.4. The van der Waals surface area contributed by atoms with E-state index in [0.717, 1.165) is 12.4 Å². The average Bonchev–Trinajstić information content (AvgIpc) is 3.45. The number of anilines is 1. The highest BCUT2D eigenvalue weighted by Crippen LogP contribution is 2.29. The summed E-state index contributed by atoms with van der Waals surface area (Å²) in [4.78, 5) is 33.3. The first-order valence-electron chi connectivity index (χ1n) is 10.8. The third-order valence-corrected chi connectivity index (χ3v) is 5.76. The van der Waals surface area contributed by atoms with Crippen LogP contribution in [0, 0.1) is 25.5 Å². The van der Waals surface area contributed by atoms with Crippen LogP contribution >= 0.6 is 0 Å². The highest BCUT2D eigenvalue weighted by molar-refractivity contribution is 5.78. The SMILES string of the molecule is Cc1nc(C)n(-c2nc(N3CCN(C(=O)N4N=CC[C@H]4c4cncc(F)c4)CC3)ncc2F)n1. The number of hydrazone groups is 1. The molecule has 0 unspecified atom stereocenters. The molecule has 2 amide bonds. The zero-order valence-electron chi connectivity index (χ0n) is 18.6. The van der Waals surface area contributed by atoms with E-state index in [1.54, 1.807) is 31.2 Å². The van der Waals surface area contributed by atoms with Crippen molar-refractivity contribution in [3.63, 3.8) is 0 Å². The Morgan fingerprint density at radius 1 is 1.06 bits per heavy atom. The fourth-order valence-electron chi connectivity index (χ4n) is 4.10. The Labute approximate surface area is 193 Å². The van der Waals surface area contributed by atoms with Crippen molar-refractivity contribution >= 4 is 18.2 Å². The van der Waals surface area contributed by atoms with Gasteiger partial charge in [0.15, 0.2) is 11.6 Å². The van der Waals surface area contributed by atoms with Crippen molar-refractivity contribution in [3.8, 4) is 5.82 Å². The molecule has 0 aliphatic carbocycles. The van der Waals surface area contributed by atoms with Crippen molar-refractivity contribution in [1.29, 1.82) is 0 Å². The molecule has 1 atom stereocenters. The molecule has 0 aromatic carbocycles. The van der Waals surface area contributed by atoms with E-state index in [-0.39, 0.29) is 11.8 Å². The Morgan fingerprint density at radius 3 is 2.56 bits per heavy atom. The van der Waals surface area contributed by atoms with Gasteiger partial charge in [-0.15, -0.1) is 5.10 Å². The van der Waals surface area contributed by atoms with Gasteiger partial charge in [0, 0.05) is 45.0 Å². The Morgan fingerprint density at radius 2 is 1.85 bits per heavy atom. The topological polar surface area (TPSA) is 109 Å². The van der Waals surface area contributed by atoms with E-state index in [4.69, 9.17) is 0 Å². The number of aryl methyl sites for hydroxylation is 2. The maximum absolute atomic E-state index is 14.4. The first-order chi connectivity index (χ1) is 16.4. The van der Waals surface area contributed by atoms with Crippen molar-refractivity contribution < 1.29 is 13.6 Å². The van der Waals surface area contributed by atoms with E-state index in [0.29, 0.717) is 55.8 Å². The summed E-state index contributed by atoms with van der Waals surface area (Å²) in [6.45, 7) is 5.15. The lowest BCUT2D eigenvalue weighted by molar-refractivity contribution is 0.139. The van der Waals surface area contributed by atoms with Gasteiger partial charge in [-0.1, -0.05) is 0 Å². The molecule has 11 nitrogen and oxygen atoms in total. The maximum Gasteiger partial charge on any atom is 0.341 e. The fraction of sp³-hybridized carbons (Fsp3) is 0.381. The molecule has 1 fully saturated rings. The third kappa shape index (κ3) is 4.04. The van der Waals surface area contributed by atoms with Gasteiger partial charge in [-0.2, -0.15) is 14.8 Å². The van der Waals surface area contributed by atoms with Gasteiger partial charge in [0.05, 0.1) is 18.4 Å². The summed E-state index contributed by atoms with van der Waals surface area (Å²) in [5.74, 6) is 0.348. The molecule has 3 aromatic rings. The number of pyridine rings is 1. The van der Waals surface area contributed by atoms with Crippen LogP contribution < -0.4 is 4.90 Å². The summed E-state index contributed by atoms with van der Waals surface area (Å²) in [5.41, 5.74) is 0.593. The second-order valence-corrected chi connectivity index (χ2v) is 8.05.